The Morgan fingerprint density at radius 3 is 2.77 bits per heavy atom. The van der Waals surface area contributed by atoms with Crippen LogP contribution in [0.1, 0.15) is 24.3 Å². The van der Waals surface area contributed by atoms with Crippen molar-refractivity contribution in [3.8, 4) is 0 Å². The number of thioether (sulfide) groups is 1. The van der Waals surface area contributed by atoms with E-state index in [1.165, 1.54) is 16.4 Å². The lowest BCUT2D eigenvalue weighted by Gasteiger charge is -2.03. The zero-order valence-corrected chi connectivity index (χ0v) is 8.63. The van der Waals surface area contributed by atoms with Crippen molar-refractivity contribution in [3.63, 3.8) is 0 Å². The molecule has 72 valence electrons. The van der Waals surface area contributed by atoms with Gasteiger partial charge in [0, 0.05) is 12.3 Å². The molecule has 13 heavy (non-hydrogen) atoms. The normalized spacial score (nSPS) is 10.8. The molecule has 0 spiro atoms. The van der Waals surface area contributed by atoms with Crippen LogP contribution in [0.2, 0.25) is 0 Å². The molecule has 0 saturated carbocycles. The van der Waals surface area contributed by atoms with Crippen LogP contribution in [0.25, 0.3) is 0 Å². The topological polar surface area (TPSA) is 55.1 Å². The van der Waals surface area contributed by atoms with Gasteiger partial charge in [-0.2, -0.15) is 5.10 Å². The average Bonchev–Trinajstić information content (AvgIpc) is 2.30. The second-order valence-corrected chi connectivity index (χ2v) is 4.57. The molecule has 0 fully saturated rings. The molecule has 0 bridgehead atoms. The molecular formula is C8H12N2O2S. The van der Waals surface area contributed by atoms with Crippen LogP contribution in [0.15, 0.2) is 11.1 Å². The van der Waals surface area contributed by atoms with Gasteiger partial charge in [0.2, 0.25) is 0 Å². The van der Waals surface area contributed by atoms with Crippen molar-refractivity contribution in [3.05, 3.63) is 11.9 Å². The number of rotatable bonds is 3. The third-order valence-corrected chi connectivity index (χ3v) is 2.49. The lowest BCUT2D eigenvalue weighted by atomic mass is 10.4. The first kappa shape index (κ1) is 10.1. The molecule has 0 unspecified atom stereocenters. The molecule has 1 heterocycles. The van der Waals surface area contributed by atoms with Gasteiger partial charge in [-0.15, -0.1) is 11.8 Å². The molecule has 0 aromatic carbocycles. The van der Waals surface area contributed by atoms with Crippen LogP contribution >= 0.6 is 11.8 Å². The number of hydrogen-bond donors (Lipinski definition) is 1. The smallest absolute Gasteiger partial charge is 0.355 e. The number of aromatic carboxylic acids is 1. The number of hydrogen-bond acceptors (Lipinski definition) is 3. The number of carboxylic acid groups (broad SMARTS) is 1. The van der Waals surface area contributed by atoms with E-state index >= 15 is 0 Å². The van der Waals surface area contributed by atoms with Gasteiger partial charge in [-0.3, -0.25) is 4.68 Å². The molecule has 0 aliphatic carbocycles. The molecule has 1 aromatic heterocycles. The minimum Gasteiger partial charge on any atom is -0.476 e. The van der Waals surface area contributed by atoms with Crippen LogP contribution in [0.4, 0.5) is 0 Å². The zero-order valence-electron chi connectivity index (χ0n) is 7.81. The molecule has 1 aromatic rings. The first-order chi connectivity index (χ1) is 6.02. The Kier molecular flexibility index (Phi) is 2.98. The van der Waals surface area contributed by atoms with Crippen molar-refractivity contribution in [1.29, 1.82) is 0 Å². The highest BCUT2D eigenvalue weighted by molar-refractivity contribution is 8.00. The van der Waals surface area contributed by atoms with Crippen molar-refractivity contribution in [2.24, 2.45) is 7.05 Å². The molecule has 5 heteroatoms. The highest BCUT2D eigenvalue weighted by Gasteiger charge is 2.16. The molecule has 0 radical (unpaired) electrons. The standard InChI is InChI=1S/C8H12N2O2S/c1-5(2)13-6-4-9-10(3)7(6)8(11)12/h4-5H,1-3H3,(H,11,12). The van der Waals surface area contributed by atoms with Gasteiger partial charge >= 0.3 is 5.97 Å². The molecule has 4 nitrogen and oxygen atoms in total. The summed E-state index contributed by atoms with van der Waals surface area (Å²) >= 11 is 1.51. The van der Waals surface area contributed by atoms with Gasteiger partial charge in [0.25, 0.3) is 0 Å². The third kappa shape index (κ3) is 2.24. The van der Waals surface area contributed by atoms with Crippen LogP contribution in [0.3, 0.4) is 0 Å². The fraction of sp³-hybridized carbons (Fsp3) is 0.500. The molecule has 0 atom stereocenters. The largest absolute Gasteiger partial charge is 0.476 e. The van der Waals surface area contributed by atoms with E-state index in [0.29, 0.717) is 5.25 Å². The van der Waals surface area contributed by atoms with Gasteiger partial charge < -0.3 is 5.11 Å². The van der Waals surface area contributed by atoms with Crippen LogP contribution in [0.5, 0.6) is 0 Å². The summed E-state index contributed by atoms with van der Waals surface area (Å²) in [4.78, 5) is 11.5. The fourth-order valence-corrected chi connectivity index (χ4v) is 1.95. The summed E-state index contributed by atoms with van der Waals surface area (Å²) in [6.45, 7) is 4.03. The van der Waals surface area contributed by atoms with E-state index < -0.39 is 5.97 Å². The first-order valence-electron chi connectivity index (χ1n) is 3.94. The van der Waals surface area contributed by atoms with Crippen molar-refractivity contribution in [2.75, 3.05) is 0 Å². The van der Waals surface area contributed by atoms with Gasteiger partial charge in [-0.25, -0.2) is 4.79 Å². The Bertz CT molecular complexity index is 320. The average molecular weight is 200 g/mol. The number of carboxylic acids is 1. The van der Waals surface area contributed by atoms with E-state index in [0.717, 1.165) is 4.90 Å². The van der Waals surface area contributed by atoms with E-state index in [4.69, 9.17) is 5.11 Å². The van der Waals surface area contributed by atoms with E-state index in [2.05, 4.69) is 5.10 Å². The monoisotopic (exact) mass is 200 g/mol. The molecule has 0 aliphatic heterocycles. The summed E-state index contributed by atoms with van der Waals surface area (Å²) in [5, 5.41) is 13.1. The van der Waals surface area contributed by atoms with Gasteiger partial charge in [0.05, 0.1) is 11.1 Å². The molecule has 0 saturated heterocycles. The Morgan fingerprint density at radius 2 is 2.31 bits per heavy atom. The summed E-state index contributed by atoms with van der Waals surface area (Å²) in [6, 6.07) is 0. The Balaban J connectivity index is 3.00. The van der Waals surface area contributed by atoms with Crippen molar-refractivity contribution in [2.45, 2.75) is 24.0 Å². The van der Waals surface area contributed by atoms with Gasteiger partial charge in [-0.1, -0.05) is 13.8 Å². The Hall–Kier alpha value is -0.970. The summed E-state index contributed by atoms with van der Waals surface area (Å²) < 4.78 is 1.38. The minimum absolute atomic E-state index is 0.263. The predicted octanol–water partition coefficient (Wildman–Crippen LogP) is 1.62. The molecule has 0 amide bonds. The lowest BCUT2D eigenvalue weighted by Crippen LogP contribution is -2.06. The number of nitrogens with zero attached hydrogens (tertiary/aromatic N) is 2. The fourth-order valence-electron chi connectivity index (χ4n) is 1.00. The zero-order chi connectivity index (χ0) is 10.0. The van der Waals surface area contributed by atoms with Gasteiger partial charge in [0.15, 0.2) is 5.69 Å². The summed E-state index contributed by atoms with van der Waals surface area (Å²) in [5.41, 5.74) is 0.263. The van der Waals surface area contributed by atoms with E-state index in [9.17, 15) is 4.79 Å². The maximum absolute atomic E-state index is 10.8. The summed E-state index contributed by atoms with van der Waals surface area (Å²) in [7, 11) is 1.63. The van der Waals surface area contributed by atoms with Crippen molar-refractivity contribution in [1.82, 2.24) is 9.78 Å². The summed E-state index contributed by atoms with van der Waals surface area (Å²) in [6.07, 6.45) is 1.59. The lowest BCUT2D eigenvalue weighted by molar-refractivity contribution is 0.0681. The number of aryl methyl sites for hydroxylation is 1. The second-order valence-electron chi connectivity index (χ2n) is 2.95. The third-order valence-electron chi connectivity index (χ3n) is 1.47. The van der Waals surface area contributed by atoms with Crippen LogP contribution in [-0.4, -0.2) is 26.1 Å². The second kappa shape index (κ2) is 3.83. The Morgan fingerprint density at radius 1 is 1.69 bits per heavy atom. The highest BCUT2D eigenvalue weighted by Crippen LogP contribution is 2.25. The maximum Gasteiger partial charge on any atom is 0.355 e. The van der Waals surface area contributed by atoms with Crippen LogP contribution in [0, 0.1) is 0 Å². The quantitative estimate of drug-likeness (QED) is 0.753. The Labute approximate surface area is 80.9 Å². The maximum atomic E-state index is 10.8. The van der Waals surface area contributed by atoms with Gasteiger partial charge in [0.1, 0.15) is 0 Å². The van der Waals surface area contributed by atoms with E-state index in [1.807, 2.05) is 13.8 Å². The summed E-state index contributed by atoms with van der Waals surface area (Å²) in [5.74, 6) is -0.928. The minimum atomic E-state index is -0.928. The first-order valence-corrected chi connectivity index (χ1v) is 4.82. The van der Waals surface area contributed by atoms with Crippen LogP contribution < -0.4 is 0 Å². The van der Waals surface area contributed by atoms with Gasteiger partial charge in [-0.05, 0) is 0 Å². The molecular weight excluding hydrogens is 188 g/mol. The van der Waals surface area contributed by atoms with Crippen molar-refractivity contribution >= 4 is 17.7 Å². The number of carbonyl (C=O) groups is 1. The highest BCUT2D eigenvalue weighted by atomic mass is 32.2. The van der Waals surface area contributed by atoms with Crippen LogP contribution in [-0.2, 0) is 7.05 Å². The predicted molar refractivity (Wildman–Crippen MR) is 51.2 cm³/mol. The van der Waals surface area contributed by atoms with E-state index in [1.54, 1.807) is 13.2 Å². The van der Waals surface area contributed by atoms with E-state index in [-0.39, 0.29) is 5.69 Å². The molecule has 1 rings (SSSR count). The molecule has 1 N–H and O–H groups in total. The van der Waals surface area contributed by atoms with Crippen molar-refractivity contribution < 1.29 is 9.90 Å². The molecule has 0 aliphatic rings. The number of aromatic nitrogens is 2. The SMILES string of the molecule is CC(C)Sc1cnn(C)c1C(=O)O.